The molecule has 0 bridgehead atoms. The zero-order chi connectivity index (χ0) is 14.7. The van der Waals surface area contributed by atoms with Gasteiger partial charge in [0.1, 0.15) is 0 Å². The van der Waals surface area contributed by atoms with Gasteiger partial charge in [-0.1, -0.05) is 48.5 Å². The van der Waals surface area contributed by atoms with Crippen LogP contribution in [0.3, 0.4) is 0 Å². The quantitative estimate of drug-likeness (QED) is 0.634. The highest BCUT2D eigenvalue weighted by atomic mass is 16.1. The number of Topliss-reactive ketones (excluding diaryl/α,β-unsaturated/α-hetero) is 1. The Bertz CT molecular complexity index is 756. The average molecular weight is 277 g/mol. The number of aromatic nitrogens is 1. The summed E-state index contributed by atoms with van der Waals surface area (Å²) in [7, 11) is 1.97. The predicted molar refractivity (Wildman–Crippen MR) is 86.6 cm³/mol. The van der Waals surface area contributed by atoms with E-state index in [1.54, 1.807) is 0 Å². The monoisotopic (exact) mass is 277 g/mol. The van der Waals surface area contributed by atoms with Gasteiger partial charge in [0.25, 0.3) is 0 Å². The Labute approximate surface area is 125 Å². The molecule has 0 saturated heterocycles. The van der Waals surface area contributed by atoms with E-state index in [1.807, 2.05) is 48.0 Å². The number of para-hydroxylation sites is 1. The second-order valence-electron chi connectivity index (χ2n) is 5.41. The van der Waals surface area contributed by atoms with Gasteiger partial charge in [-0.3, -0.25) is 4.79 Å². The number of hydrogen-bond acceptors (Lipinski definition) is 1. The number of rotatable bonds is 5. The molecule has 0 aliphatic rings. The molecule has 3 rings (SSSR count). The minimum Gasteiger partial charge on any atom is -0.341 e. The zero-order valence-electron chi connectivity index (χ0n) is 12.3. The summed E-state index contributed by atoms with van der Waals surface area (Å²) in [5.41, 5.74) is 3.22. The fourth-order valence-electron chi connectivity index (χ4n) is 2.78. The highest BCUT2D eigenvalue weighted by molar-refractivity contribution is 6.00. The third-order valence-corrected chi connectivity index (χ3v) is 3.95. The summed E-state index contributed by atoms with van der Waals surface area (Å²) in [6.07, 6.45) is 2.44. The summed E-state index contributed by atoms with van der Waals surface area (Å²) < 4.78 is 2.00. The van der Waals surface area contributed by atoms with Gasteiger partial charge in [0.05, 0.1) is 5.69 Å². The molecule has 2 nitrogen and oxygen atoms in total. The highest BCUT2D eigenvalue weighted by Crippen LogP contribution is 2.20. The number of carbonyl (C=O) groups excluding carboxylic acids is 1. The van der Waals surface area contributed by atoms with Crippen LogP contribution >= 0.6 is 0 Å². The third kappa shape index (κ3) is 2.89. The van der Waals surface area contributed by atoms with Crippen molar-refractivity contribution in [1.82, 2.24) is 4.57 Å². The van der Waals surface area contributed by atoms with Crippen LogP contribution in [-0.4, -0.2) is 10.4 Å². The Hall–Kier alpha value is -2.35. The molecule has 0 atom stereocenters. The molecule has 0 saturated carbocycles. The van der Waals surface area contributed by atoms with E-state index >= 15 is 0 Å². The first kappa shape index (κ1) is 13.6. The first-order valence-corrected chi connectivity index (χ1v) is 7.37. The molecule has 106 valence electrons. The van der Waals surface area contributed by atoms with Gasteiger partial charge in [0.15, 0.2) is 5.78 Å². The molecule has 0 amide bonds. The molecule has 0 unspecified atom stereocenters. The molecule has 0 aliphatic heterocycles. The van der Waals surface area contributed by atoms with Gasteiger partial charge in [-0.05, 0) is 30.5 Å². The number of ketones is 1. The van der Waals surface area contributed by atoms with Gasteiger partial charge < -0.3 is 4.57 Å². The van der Waals surface area contributed by atoms with Crippen LogP contribution in [0.1, 0.15) is 28.9 Å². The lowest BCUT2D eigenvalue weighted by Crippen LogP contribution is -2.06. The van der Waals surface area contributed by atoms with Gasteiger partial charge in [-0.25, -0.2) is 0 Å². The van der Waals surface area contributed by atoms with Crippen LogP contribution in [0.25, 0.3) is 10.9 Å². The number of hydrogen-bond donors (Lipinski definition) is 0. The molecule has 0 fully saturated rings. The summed E-state index contributed by atoms with van der Waals surface area (Å²) in [5.74, 6) is 0.227. The Kier molecular flexibility index (Phi) is 3.87. The summed E-state index contributed by atoms with van der Waals surface area (Å²) in [6, 6.07) is 20.4. The van der Waals surface area contributed by atoms with Crippen LogP contribution < -0.4 is 0 Å². The molecule has 1 aromatic heterocycles. The predicted octanol–water partition coefficient (Wildman–Crippen LogP) is 4.38. The van der Waals surface area contributed by atoms with Crippen molar-refractivity contribution in [3.05, 3.63) is 71.9 Å². The fourth-order valence-corrected chi connectivity index (χ4v) is 2.78. The van der Waals surface area contributed by atoms with Gasteiger partial charge >= 0.3 is 0 Å². The molecular formula is C19H19NO. The third-order valence-electron chi connectivity index (χ3n) is 3.95. The fraction of sp³-hybridized carbons (Fsp3) is 0.211. The summed E-state index contributed by atoms with van der Waals surface area (Å²) in [6.45, 7) is 0. The van der Waals surface area contributed by atoms with Crippen molar-refractivity contribution in [3.8, 4) is 0 Å². The van der Waals surface area contributed by atoms with E-state index in [2.05, 4.69) is 24.3 Å². The van der Waals surface area contributed by atoms with Crippen molar-refractivity contribution >= 4 is 16.7 Å². The second-order valence-corrected chi connectivity index (χ2v) is 5.41. The van der Waals surface area contributed by atoms with Gasteiger partial charge in [-0.2, -0.15) is 0 Å². The van der Waals surface area contributed by atoms with E-state index in [-0.39, 0.29) is 5.78 Å². The molecule has 0 aliphatic carbocycles. The minimum atomic E-state index is 0.227. The largest absolute Gasteiger partial charge is 0.341 e. The lowest BCUT2D eigenvalue weighted by molar-refractivity contribution is 0.0973. The number of aryl methyl sites for hydroxylation is 2. The van der Waals surface area contributed by atoms with Crippen LogP contribution in [0.15, 0.2) is 60.7 Å². The van der Waals surface area contributed by atoms with Crippen molar-refractivity contribution in [2.24, 2.45) is 7.05 Å². The van der Waals surface area contributed by atoms with Crippen molar-refractivity contribution in [2.45, 2.75) is 19.3 Å². The minimum absolute atomic E-state index is 0.227. The standard InChI is InChI=1S/C19H19NO/c1-20-17-12-6-5-11-16(17)14-18(20)19(21)13-7-10-15-8-3-2-4-9-15/h2-6,8-9,11-12,14H,7,10,13H2,1H3. The molecule has 0 radical (unpaired) electrons. The molecule has 2 aromatic carbocycles. The van der Waals surface area contributed by atoms with E-state index in [9.17, 15) is 4.79 Å². The number of nitrogens with zero attached hydrogens (tertiary/aromatic N) is 1. The molecule has 1 heterocycles. The van der Waals surface area contributed by atoms with E-state index in [1.165, 1.54) is 5.56 Å². The average Bonchev–Trinajstić information content (AvgIpc) is 2.86. The lowest BCUT2D eigenvalue weighted by Gasteiger charge is -2.04. The Morgan fingerprint density at radius 1 is 1.00 bits per heavy atom. The maximum Gasteiger partial charge on any atom is 0.179 e. The molecule has 21 heavy (non-hydrogen) atoms. The number of fused-ring (bicyclic) bond motifs is 1. The van der Waals surface area contributed by atoms with E-state index in [4.69, 9.17) is 0 Å². The van der Waals surface area contributed by atoms with Gasteiger partial charge in [0.2, 0.25) is 0 Å². The molecular weight excluding hydrogens is 258 g/mol. The first-order chi connectivity index (χ1) is 10.3. The molecule has 3 aromatic rings. The van der Waals surface area contributed by atoms with Gasteiger partial charge in [0, 0.05) is 24.4 Å². The van der Waals surface area contributed by atoms with Gasteiger partial charge in [-0.15, -0.1) is 0 Å². The maximum absolute atomic E-state index is 12.4. The van der Waals surface area contributed by atoms with Crippen molar-refractivity contribution in [2.75, 3.05) is 0 Å². The van der Waals surface area contributed by atoms with Crippen LogP contribution in [0.5, 0.6) is 0 Å². The Morgan fingerprint density at radius 2 is 1.71 bits per heavy atom. The first-order valence-electron chi connectivity index (χ1n) is 7.37. The van der Waals surface area contributed by atoms with Crippen LogP contribution in [0.2, 0.25) is 0 Å². The van der Waals surface area contributed by atoms with Crippen molar-refractivity contribution < 1.29 is 4.79 Å². The second kappa shape index (κ2) is 5.96. The van der Waals surface area contributed by atoms with Crippen LogP contribution in [0.4, 0.5) is 0 Å². The number of carbonyl (C=O) groups is 1. The summed E-state index contributed by atoms with van der Waals surface area (Å²) >= 11 is 0. The van der Waals surface area contributed by atoms with E-state index < -0.39 is 0 Å². The SMILES string of the molecule is Cn1c(C(=O)CCCc2ccccc2)cc2ccccc21. The smallest absolute Gasteiger partial charge is 0.179 e. The molecule has 0 spiro atoms. The zero-order valence-corrected chi connectivity index (χ0v) is 12.3. The maximum atomic E-state index is 12.4. The van der Waals surface area contributed by atoms with Crippen molar-refractivity contribution in [1.29, 1.82) is 0 Å². The normalized spacial score (nSPS) is 10.9. The highest BCUT2D eigenvalue weighted by Gasteiger charge is 2.12. The summed E-state index contributed by atoms with van der Waals surface area (Å²) in [4.78, 5) is 12.4. The van der Waals surface area contributed by atoms with Crippen LogP contribution in [-0.2, 0) is 13.5 Å². The number of benzene rings is 2. The van der Waals surface area contributed by atoms with Crippen LogP contribution in [0, 0.1) is 0 Å². The molecule has 0 N–H and O–H groups in total. The lowest BCUT2D eigenvalue weighted by atomic mass is 10.1. The van der Waals surface area contributed by atoms with E-state index in [0.717, 1.165) is 29.4 Å². The van der Waals surface area contributed by atoms with E-state index in [0.29, 0.717) is 6.42 Å². The van der Waals surface area contributed by atoms with Crippen molar-refractivity contribution in [3.63, 3.8) is 0 Å². The molecule has 2 heteroatoms. The Morgan fingerprint density at radius 3 is 2.48 bits per heavy atom. The Balaban J connectivity index is 1.68. The summed E-state index contributed by atoms with van der Waals surface area (Å²) in [5, 5.41) is 1.13. The topological polar surface area (TPSA) is 22.0 Å².